The fourth-order valence-corrected chi connectivity index (χ4v) is 2.07. The highest BCUT2D eigenvalue weighted by molar-refractivity contribution is 5.46. The molecule has 0 bridgehead atoms. The van der Waals surface area contributed by atoms with E-state index < -0.39 is 16.8 Å². The van der Waals surface area contributed by atoms with E-state index in [0.717, 1.165) is 6.07 Å². The second kappa shape index (κ2) is 8.43. The third-order valence-electron chi connectivity index (χ3n) is 3.28. The molecule has 26 heavy (non-hydrogen) atoms. The predicted molar refractivity (Wildman–Crippen MR) is 87.6 cm³/mol. The van der Waals surface area contributed by atoms with Crippen LogP contribution < -0.4 is 10.6 Å². The quantitative estimate of drug-likeness (QED) is 0.371. The number of rotatable bonds is 8. The van der Waals surface area contributed by atoms with Crippen LogP contribution in [0.15, 0.2) is 30.3 Å². The summed E-state index contributed by atoms with van der Waals surface area (Å²) < 4.78 is 39.0. The Morgan fingerprint density at radius 3 is 2.58 bits per heavy atom. The molecule has 0 saturated heterocycles. The monoisotopic (exact) mass is 371 g/mol. The summed E-state index contributed by atoms with van der Waals surface area (Å²) in [5, 5.41) is 25.0. The number of anilines is 2. The van der Waals surface area contributed by atoms with E-state index in [-0.39, 0.29) is 37.1 Å². The van der Waals surface area contributed by atoms with E-state index in [0.29, 0.717) is 12.0 Å². The number of aliphatic hydroxyl groups excluding tert-OH is 1. The fraction of sp³-hybridized carbons (Fsp3) is 0.333. The van der Waals surface area contributed by atoms with E-state index in [1.54, 1.807) is 6.07 Å². The maximum atomic E-state index is 13.0. The lowest BCUT2D eigenvalue weighted by molar-refractivity contribution is -0.385. The molecule has 3 N–H and O–H groups in total. The molecule has 0 unspecified atom stereocenters. The lowest BCUT2D eigenvalue weighted by Gasteiger charge is -2.12. The van der Waals surface area contributed by atoms with Crippen molar-refractivity contribution in [3.63, 3.8) is 0 Å². The van der Waals surface area contributed by atoms with Gasteiger partial charge in [0.05, 0.1) is 4.92 Å². The maximum Gasteiger partial charge on any atom is 0.433 e. The zero-order chi connectivity index (χ0) is 19.2. The highest BCUT2D eigenvalue weighted by atomic mass is 19.4. The van der Waals surface area contributed by atoms with Crippen molar-refractivity contribution in [2.24, 2.45) is 0 Å². The summed E-state index contributed by atoms with van der Waals surface area (Å²) in [6, 6.07) is 6.62. The average Bonchev–Trinajstić information content (AvgIpc) is 2.59. The number of hydrogen-bond donors (Lipinski definition) is 3. The number of aromatic nitrogens is 2. The summed E-state index contributed by atoms with van der Waals surface area (Å²) in [6.07, 6.45) is -4.36. The van der Waals surface area contributed by atoms with Crippen molar-refractivity contribution >= 4 is 17.5 Å². The standard InChI is InChI=1S/C15H16F3N5O3/c16-15(17,18)12-8-13(22-14(21-12)19-6-3-7-24)20-9-10-4-1-2-5-11(10)23(25)26/h1-2,4-5,8,24H,3,6-7,9H2,(H2,19,20,21,22). The van der Waals surface area contributed by atoms with Gasteiger partial charge in [-0.25, -0.2) is 4.98 Å². The van der Waals surface area contributed by atoms with Crippen molar-refractivity contribution in [2.45, 2.75) is 19.1 Å². The molecule has 1 aromatic heterocycles. The van der Waals surface area contributed by atoms with Crippen molar-refractivity contribution in [1.29, 1.82) is 0 Å². The Hall–Kier alpha value is -2.95. The van der Waals surface area contributed by atoms with E-state index in [9.17, 15) is 23.3 Å². The van der Waals surface area contributed by atoms with E-state index in [2.05, 4.69) is 20.6 Å². The Morgan fingerprint density at radius 1 is 1.19 bits per heavy atom. The van der Waals surface area contributed by atoms with E-state index in [4.69, 9.17) is 5.11 Å². The minimum Gasteiger partial charge on any atom is -0.396 e. The van der Waals surface area contributed by atoms with Crippen molar-refractivity contribution in [3.8, 4) is 0 Å². The SMILES string of the molecule is O=[N+]([O-])c1ccccc1CNc1cc(C(F)(F)F)nc(NCCCO)n1. The molecule has 140 valence electrons. The number of aliphatic hydroxyl groups is 1. The van der Waals surface area contributed by atoms with Crippen LogP contribution in [0.4, 0.5) is 30.6 Å². The van der Waals surface area contributed by atoms with E-state index >= 15 is 0 Å². The number of nitrogens with zero attached hydrogens (tertiary/aromatic N) is 3. The van der Waals surface area contributed by atoms with Gasteiger partial charge in [0.2, 0.25) is 5.95 Å². The molecule has 11 heteroatoms. The first kappa shape index (κ1) is 19.4. The van der Waals surface area contributed by atoms with Gasteiger partial charge in [-0.3, -0.25) is 10.1 Å². The molecule has 0 fully saturated rings. The summed E-state index contributed by atoms with van der Waals surface area (Å²) in [6.45, 7) is -0.0162. The number of benzene rings is 1. The average molecular weight is 371 g/mol. The second-order valence-electron chi connectivity index (χ2n) is 5.20. The highest BCUT2D eigenvalue weighted by Gasteiger charge is 2.33. The Labute approximate surface area is 146 Å². The minimum atomic E-state index is -4.68. The number of nitro benzene ring substituents is 1. The lowest BCUT2D eigenvalue weighted by atomic mass is 10.2. The summed E-state index contributed by atoms with van der Waals surface area (Å²) in [5.74, 6) is -0.379. The first-order valence-corrected chi connectivity index (χ1v) is 7.58. The van der Waals surface area contributed by atoms with Gasteiger partial charge in [0.15, 0.2) is 5.69 Å². The van der Waals surface area contributed by atoms with Crippen molar-refractivity contribution in [1.82, 2.24) is 9.97 Å². The predicted octanol–water partition coefficient (Wildman–Crippen LogP) is 2.81. The van der Waals surface area contributed by atoms with Gasteiger partial charge >= 0.3 is 6.18 Å². The largest absolute Gasteiger partial charge is 0.433 e. The van der Waals surface area contributed by atoms with Crippen LogP contribution in [0, 0.1) is 10.1 Å². The van der Waals surface area contributed by atoms with Crippen LogP contribution in [0.1, 0.15) is 17.7 Å². The number of halogens is 3. The van der Waals surface area contributed by atoms with Gasteiger partial charge in [0.25, 0.3) is 5.69 Å². The van der Waals surface area contributed by atoms with Gasteiger partial charge in [0, 0.05) is 37.4 Å². The van der Waals surface area contributed by atoms with Gasteiger partial charge in [-0.05, 0) is 6.42 Å². The first-order valence-electron chi connectivity index (χ1n) is 7.58. The Bertz CT molecular complexity index is 770. The highest BCUT2D eigenvalue weighted by Crippen LogP contribution is 2.30. The van der Waals surface area contributed by atoms with Gasteiger partial charge in [-0.2, -0.15) is 18.2 Å². The van der Waals surface area contributed by atoms with Crippen LogP contribution in [0.5, 0.6) is 0 Å². The molecular weight excluding hydrogens is 355 g/mol. The molecule has 0 saturated carbocycles. The Kier molecular flexibility index (Phi) is 6.28. The summed E-state index contributed by atoms with van der Waals surface area (Å²) >= 11 is 0. The van der Waals surface area contributed by atoms with E-state index in [1.165, 1.54) is 18.2 Å². The minimum absolute atomic E-state index is 0.0818. The van der Waals surface area contributed by atoms with Crippen molar-refractivity contribution < 1.29 is 23.2 Å². The third-order valence-corrected chi connectivity index (χ3v) is 3.28. The van der Waals surface area contributed by atoms with Crippen molar-refractivity contribution in [3.05, 3.63) is 51.7 Å². The number of alkyl halides is 3. The molecule has 0 aliphatic heterocycles. The van der Waals surface area contributed by atoms with Gasteiger partial charge < -0.3 is 15.7 Å². The molecule has 0 aliphatic carbocycles. The molecule has 1 heterocycles. The maximum absolute atomic E-state index is 13.0. The van der Waals surface area contributed by atoms with Crippen LogP contribution in [-0.4, -0.2) is 33.1 Å². The summed E-state index contributed by atoms with van der Waals surface area (Å²) in [4.78, 5) is 17.7. The van der Waals surface area contributed by atoms with Gasteiger partial charge in [-0.1, -0.05) is 18.2 Å². The third kappa shape index (κ3) is 5.28. The molecule has 0 amide bonds. The summed E-state index contributed by atoms with van der Waals surface area (Å²) in [7, 11) is 0. The van der Waals surface area contributed by atoms with E-state index in [1.807, 2.05) is 0 Å². The number of para-hydroxylation sites is 1. The van der Waals surface area contributed by atoms with Crippen LogP contribution in [0.25, 0.3) is 0 Å². The van der Waals surface area contributed by atoms with Gasteiger partial charge in [-0.15, -0.1) is 0 Å². The van der Waals surface area contributed by atoms with Crippen LogP contribution in [0.2, 0.25) is 0 Å². The van der Waals surface area contributed by atoms with Crippen LogP contribution in [0.3, 0.4) is 0 Å². The molecule has 0 radical (unpaired) electrons. The Morgan fingerprint density at radius 2 is 1.92 bits per heavy atom. The molecule has 2 aromatic rings. The smallest absolute Gasteiger partial charge is 0.396 e. The van der Waals surface area contributed by atoms with Crippen LogP contribution in [-0.2, 0) is 12.7 Å². The van der Waals surface area contributed by atoms with Crippen LogP contribution >= 0.6 is 0 Å². The normalized spacial score (nSPS) is 11.2. The zero-order valence-corrected chi connectivity index (χ0v) is 13.5. The molecule has 2 rings (SSSR count). The molecule has 8 nitrogen and oxygen atoms in total. The molecule has 1 aromatic carbocycles. The lowest BCUT2D eigenvalue weighted by Crippen LogP contribution is -2.15. The fourth-order valence-electron chi connectivity index (χ4n) is 2.07. The van der Waals surface area contributed by atoms with Gasteiger partial charge in [0.1, 0.15) is 5.82 Å². The first-order chi connectivity index (χ1) is 12.3. The number of hydrogen-bond acceptors (Lipinski definition) is 7. The number of nitrogens with one attached hydrogen (secondary N) is 2. The molecular formula is C15H16F3N5O3. The van der Waals surface area contributed by atoms with Crippen molar-refractivity contribution in [2.75, 3.05) is 23.8 Å². The Balaban J connectivity index is 2.22. The molecule has 0 atom stereocenters. The zero-order valence-electron chi connectivity index (χ0n) is 13.5. The second-order valence-corrected chi connectivity index (χ2v) is 5.20. The molecule has 0 aliphatic rings. The number of nitro groups is 1. The summed E-state index contributed by atoms with van der Waals surface area (Å²) in [5.41, 5.74) is -0.991. The topological polar surface area (TPSA) is 113 Å². The molecule has 0 spiro atoms.